The number of anilines is 2. The second-order valence-electron chi connectivity index (χ2n) is 8.61. The lowest BCUT2D eigenvalue weighted by Crippen LogP contribution is -2.47. The molecular weight excluding hydrogens is 412 g/mol. The van der Waals surface area contributed by atoms with Gasteiger partial charge in [-0.05, 0) is 42.3 Å². The number of para-hydroxylation sites is 1. The van der Waals surface area contributed by atoms with Crippen LogP contribution < -0.4 is 19.9 Å². The highest BCUT2D eigenvalue weighted by molar-refractivity contribution is 6.07. The molecule has 0 spiro atoms. The first kappa shape index (κ1) is 22.9. The molecule has 1 amide bonds. The minimum absolute atomic E-state index is 0.0152. The highest BCUT2D eigenvalue weighted by Gasteiger charge is 2.21. The average molecular weight is 447 g/mol. The fourth-order valence-electron chi connectivity index (χ4n) is 4.41. The molecule has 0 unspecified atom stereocenters. The lowest BCUT2D eigenvalue weighted by Gasteiger charge is -2.37. The van der Waals surface area contributed by atoms with Gasteiger partial charge in [0.25, 0.3) is 5.91 Å². The summed E-state index contributed by atoms with van der Waals surface area (Å²) in [5.41, 5.74) is 2.77. The maximum absolute atomic E-state index is 13.1. The molecule has 3 aromatic rings. The van der Waals surface area contributed by atoms with E-state index in [4.69, 9.17) is 9.72 Å². The van der Waals surface area contributed by atoms with Crippen LogP contribution in [0.1, 0.15) is 37.0 Å². The van der Waals surface area contributed by atoms with E-state index in [1.165, 1.54) is 5.69 Å². The Morgan fingerprint density at radius 2 is 1.67 bits per heavy atom. The van der Waals surface area contributed by atoms with Crippen molar-refractivity contribution in [3.8, 4) is 5.75 Å². The first-order chi connectivity index (χ1) is 16.1. The fraction of sp³-hybridized carbons (Fsp3) is 0.407. The molecule has 4 rings (SSSR count). The van der Waals surface area contributed by atoms with Crippen molar-refractivity contribution in [3.05, 3.63) is 60.2 Å². The number of piperazine rings is 1. The van der Waals surface area contributed by atoms with E-state index in [9.17, 15) is 4.79 Å². The number of hydrogen-bond donors (Lipinski definition) is 1. The topological polar surface area (TPSA) is 57.7 Å². The summed E-state index contributed by atoms with van der Waals surface area (Å²) < 4.78 is 5.27. The summed E-state index contributed by atoms with van der Waals surface area (Å²) in [6.45, 7) is 8.56. The van der Waals surface area contributed by atoms with Crippen molar-refractivity contribution in [3.63, 3.8) is 0 Å². The van der Waals surface area contributed by atoms with Gasteiger partial charge in [-0.1, -0.05) is 44.9 Å². The first-order valence-electron chi connectivity index (χ1n) is 11.9. The largest absolute Gasteiger partial charge is 0.497 e. The Morgan fingerprint density at radius 3 is 2.33 bits per heavy atom. The van der Waals surface area contributed by atoms with Crippen LogP contribution in [0.3, 0.4) is 0 Å². The molecule has 1 aliphatic heterocycles. The maximum Gasteiger partial charge on any atom is 0.252 e. The van der Waals surface area contributed by atoms with E-state index in [-0.39, 0.29) is 5.91 Å². The highest BCUT2D eigenvalue weighted by Crippen LogP contribution is 2.26. The molecule has 1 fully saturated rings. The SMILES string of the molecule is CCC(CC)CNC(=O)c1cc(N2CCN(c3ccc(OC)cc3)CC2)nc2ccccc12. The van der Waals surface area contributed by atoms with E-state index in [0.29, 0.717) is 18.0 Å². The van der Waals surface area contributed by atoms with Crippen molar-refractivity contribution >= 4 is 28.3 Å². The molecule has 6 nitrogen and oxygen atoms in total. The summed E-state index contributed by atoms with van der Waals surface area (Å²) >= 11 is 0. The number of ether oxygens (including phenoxy) is 1. The molecule has 33 heavy (non-hydrogen) atoms. The maximum atomic E-state index is 13.1. The Kier molecular flexibility index (Phi) is 7.33. The Labute approximate surface area is 196 Å². The van der Waals surface area contributed by atoms with Crippen molar-refractivity contribution in [2.24, 2.45) is 5.92 Å². The molecule has 2 aromatic carbocycles. The summed E-state index contributed by atoms with van der Waals surface area (Å²) in [6.07, 6.45) is 2.13. The van der Waals surface area contributed by atoms with Gasteiger partial charge in [0.2, 0.25) is 0 Å². The molecule has 0 atom stereocenters. The van der Waals surface area contributed by atoms with Crippen LogP contribution in [0.5, 0.6) is 5.75 Å². The van der Waals surface area contributed by atoms with Gasteiger partial charge in [-0.15, -0.1) is 0 Å². The van der Waals surface area contributed by atoms with Gasteiger partial charge in [-0.25, -0.2) is 4.98 Å². The Hall–Kier alpha value is -3.28. The zero-order chi connectivity index (χ0) is 23.2. The van der Waals surface area contributed by atoms with Crippen molar-refractivity contribution in [2.75, 3.05) is 49.6 Å². The first-order valence-corrected chi connectivity index (χ1v) is 11.9. The molecule has 0 saturated carbocycles. The minimum Gasteiger partial charge on any atom is -0.497 e. The normalized spacial score (nSPS) is 14.1. The standard InChI is InChI=1S/C27H34N4O2/c1-4-20(5-2)19-28-27(32)24-18-26(29-25-9-7-6-8-23(24)25)31-16-14-30(15-17-31)21-10-12-22(33-3)13-11-21/h6-13,18,20H,4-5,14-17,19H2,1-3H3,(H,28,32). The number of benzene rings is 2. The number of amides is 1. The van der Waals surface area contributed by atoms with E-state index >= 15 is 0 Å². The van der Waals surface area contributed by atoms with Crippen molar-refractivity contribution in [2.45, 2.75) is 26.7 Å². The third-order valence-corrected chi connectivity index (χ3v) is 6.69. The second kappa shape index (κ2) is 10.6. The predicted octanol–water partition coefficient (Wildman–Crippen LogP) is 4.74. The molecule has 6 heteroatoms. The van der Waals surface area contributed by atoms with Gasteiger partial charge < -0.3 is 19.9 Å². The number of hydrogen-bond acceptors (Lipinski definition) is 5. The van der Waals surface area contributed by atoms with Crippen LogP contribution in [-0.4, -0.2) is 50.7 Å². The average Bonchev–Trinajstić information content (AvgIpc) is 2.88. The van der Waals surface area contributed by atoms with Crippen LogP contribution in [0.2, 0.25) is 0 Å². The monoisotopic (exact) mass is 446 g/mol. The lowest BCUT2D eigenvalue weighted by atomic mass is 10.0. The van der Waals surface area contributed by atoms with E-state index in [1.807, 2.05) is 42.5 Å². The molecule has 174 valence electrons. The third-order valence-electron chi connectivity index (χ3n) is 6.69. The van der Waals surface area contributed by atoms with Crippen LogP contribution >= 0.6 is 0 Å². The van der Waals surface area contributed by atoms with Crippen LogP contribution in [0.4, 0.5) is 11.5 Å². The summed E-state index contributed by atoms with van der Waals surface area (Å²) in [5.74, 6) is 2.23. The number of carbonyl (C=O) groups is 1. The second-order valence-corrected chi connectivity index (χ2v) is 8.61. The molecule has 1 aromatic heterocycles. The molecule has 0 bridgehead atoms. The fourth-order valence-corrected chi connectivity index (χ4v) is 4.41. The number of nitrogens with one attached hydrogen (secondary N) is 1. The van der Waals surface area contributed by atoms with E-state index in [0.717, 1.165) is 61.5 Å². The summed E-state index contributed by atoms with van der Waals surface area (Å²) in [4.78, 5) is 22.7. The molecule has 2 heterocycles. The van der Waals surface area contributed by atoms with Crippen LogP contribution in [0, 0.1) is 5.92 Å². The number of rotatable bonds is 8. The zero-order valence-electron chi connectivity index (χ0n) is 19.9. The zero-order valence-corrected chi connectivity index (χ0v) is 19.9. The quantitative estimate of drug-likeness (QED) is 0.542. The number of nitrogens with zero attached hydrogens (tertiary/aromatic N) is 3. The van der Waals surface area contributed by atoms with Gasteiger partial charge in [-0.2, -0.15) is 0 Å². The highest BCUT2D eigenvalue weighted by atomic mass is 16.5. The number of fused-ring (bicyclic) bond motifs is 1. The predicted molar refractivity (Wildman–Crippen MR) is 136 cm³/mol. The molecule has 1 aliphatic rings. The van der Waals surface area contributed by atoms with Gasteiger partial charge in [-0.3, -0.25) is 4.79 Å². The van der Waals surface area contributed by atoms with Gasteiger partial charge >= 0.3 is 0 Å². The number of aromatic nitrogens is 1. The smallest absolute Gasteiger partial charge is 0.252 e. The van der Waals surface area contributed by atoms with Crippen molar-refractivity contribution in [1.29, 1.82) is 0 Å². The van der Waals surface area contributed by atoms with Crippen molar-refractivity contribution < 1.29 is 9.53 Å². The Balaban J connectivity index is 1.51. The third kappa shape index (κ3) is 5.21. The van der Waals surface area contributed by atoms with Gasteiger partial charge in [0.15, 0.2) is 0 Å². The Bertz CT molecular complexity index is 1070. The molecule has 0 aliphatic carbocycles. The molecular formula is C27H34N4O2. The van der Waals surface area contributed by atoms with Crippen LogP contribution in [0.25, 0.3) is 10.9 Å². The number of pyridine rings is 1. The van der Waals surface area contributed by atoms with Gasteiger partial charge in [0, 0.05) is 43.8 Å². The lowest BCUT2D eigenvalue weighted by molar-refractivity contribution is 0.0948. The van der Waals surface area contributed by atoms with Crippen LogP contribution in [0.15, 0.2) is 54.6 Å². The Morgan fingerprint density at radius 1 is 1.00 bits per heavy atom. The van der Waals surface area contributed by atoms with Crippen molar-refractivity contribution in [1.82, 2.24) is 10.3 Å². The van der Waals surface area contributed by atoms with Gasteiger partial charge in [0.05, 0.1) is 18.2 Å². The summed E-state index contributed by atoms with van der Waals surface area (Å²) in [7, 11) is 1.69. The van der Waals surface area contributed by atoms with Gasteiger partial charge in [0.1, 0.15) is 11.6 Å². The molecule has 1 N–H and O–H groups in total. The van der Waals surface area contributed by atoms with E-state index < -0.39 is 0 Å². The minimum atomic E-state index is -0.0152. The number of carbonyl (C=O) groups excluding carboxylic acids is 1. The van der Waals surface area contributed by atoms with Crippen LogP contribution in [-0.2, 0) is 0 Å². The number of methoxy groups -OCH3 is 1. The summed E-state index contributed by atoms with van der Waals surface area (Å²) in [5, 5.41) is 4.06. The molecule has 0 radical (unpaired) electrons. The molecule has 1 saturated heterocycles. The van der Waals surface area contributed by atoms with E-state index in [2.05, 4.69) is 41.1 Å². The summed E-state index contributed by atoms with van der Waals surface area (Å²) in [6, 6.07) is 18.1. The van der Waals surface area contributed by atoms with E-state index in [1.54, 1.807) is 7.11 Å².